The fraction of sp³-hybridized carbons (Fsp3) is 0.182. The second kappa shape index (κ2) is 8.00. The van der Waals surface area contributed by atoms with Gasteiger partial charge >= 0.3 is 0 Å². The van der Waals surface area contributed by atoms with Gasteiger partial charge in [-0.3, -0.25) is 9.78 Å². The number of hydrogen-bond donors (Lipinski definition) is 2. The molecule has 1 aliphatic rings. The Kier molecular flexibility index (Phi) is 5.10. The lowest BCUT2D eigenvalue weighted by Gasteiger charge is -2.37. The SMILES string of the molecule is O=C(Nc1ccc(N2CCN(c3cccnc3)CC2)cc1)c1ccc(O)cc1. The van der Waals surface area contributed by atoms with Crippen molar-refractivity contribution in [3.8, 4) is 5.75 Å². The minimum Gasteiger partial charge on any atom is -0.508 e. The third-order valence-electron chi connectivity index (χ3n) is 4.91. The summed E-state index contributed by atoms with van der Waals surface area (Å²) in [4.78, 5) is 21.2. The van der Waals surface area contributed by atoms with Gasteiger partial charge in [-0.2, -0.15) is 0 Å². The predicted octanol–water partition coefficient (Wildman–Crippen LogP) is 3.37. The van der Waals surface area contributed by atoms with Gasteiger partial charge in [0.15, 0.2) is 0 Å². The number of hydrogen-bond acceptors (Lipinski definition) is 5. The topological polar surface area (TPSA) is 68.7 Å². The summed E-state index contributed by atoms with van der Waals surface area (Å²) in [5, 5.41) is 12.2. The first kappa shape index (κ1) is 17.9. The second-order valence-corrected chi connectivity index (χ2v) is 6.73. The number of nitrogens with zero attached hydrogens (tertiary/aromatic N) is 3. The van der Waals surface area contributed by atoms with Crippen molar-refractivity contribution in [2.24, 2.45) is 0 Å². The Morgan fingerprint density at radius 3 is 2.11 bits per heavy atom. The van der Waals surface area contributed by atoms with Crippen molar-refractivity contribution in [1.29, 1.82) is 0 Å². The van der Waals surface area contributed by atoms with Crippen molar-refractivity contribution < 1.29 is 9.90 Å². The molecule has 0 aliphatic carbocycles. The van der Waals surface area contributed by atoms with Crippen LogP contribution in [0, 0.1) is 0 Å². The minimum atomic E-state index is -0.196. The molecule has 4 rings (SSSR count). The molecule has 0 radical (unpaired) electrons. The number of rotatable bonds is 4. The average molecular weight is 374 g/mol. The highest BCUT2D eigenvalue weighted by atomic mass is 16.3. The lowest BCUT2D eigenvalue weighted by atomic mass is 10.2. The Balaban J connectivity index is 1.35. The summed E-state index contributed by atoms with van der Waals surface area (Å²) in [6.07, 6.45) is 3.70. The van der Waals surface area contributed by atoms with Crippen LogP contribution in [0.15, 0.2) is 73.1 Å². The largest absolute Gasteiger partial charge is 0.508 e. The Hall–Kier alpha value is -3.54. The molecule has 3 aromatic rings. The summed E-state index contributed by atoms with van der Waals surface area (Å²) >= 11 is 0. The lowest BCUT2D eigenvalue weighted by molar-refractivity contribution is 0.102. The summed E-state index contributed by atoms with van der Waals surface area (Å²) in [5.41, 5.74) is 3.56. The van der Waals surface area contributed by atoms with Crippen molar-refractivity contribution in [1.82, 2.24) is 4.98 Å². The highest BCUT2D eigenvalue weighted by Crippen LogP contribution is 2.22. The van der Waals surface area contributed by atoms with E-state index in [9.17, 15) is 9.90 Å². The number of benzene rings is 2. The summed E-state index contributed by atoms with van der Waals surface area (Å²) in [7, 11) is 0. The van der Waals surface area contributed by atoms with Gasteiger partial charge in [0.05, 0.1) is 11.9 Å². The van der Waals surface area contributed by atoms with E-state index in [1.165, 1.54) is 12.1 Å². The molecule has 0 saturated carbocycles. The smallest absolute Gasteiger partial charge is 0.255 e. The number of phenols is 1. The average Bonchev–Trinajstić information content (AvgIpc) is 2.75. The van der Waals surface area contributed by atoms with Gasteiger partial charge in [0.2, 0.25) is 0 Å². The van der Waals surface area contributed by atoms with E-state index in [2.05, 4.69) is 26.2 Å². The van der Waals surface area contributed by atoms with Crippen LogP contribution in [0.1, 0.15) is 10.4 Å². The number of pyridine rings is 1. The van der Waals surface area contributed by atoms with E-state index in [0.29, 0.717) is 5.56 Å². The highest BCUT2D eigenvalue weighted by molar-refractivity contribution is 6.04. The lowest BCUT2D eigenvalue weighted by Crippen LogP contribution is -2.46. The first-order valence-corrected chi connectivity index (χ1v) is 9.29. The molecule has 2 heterocycles. The van der Waals surface area contributed by atoms with Crippen LogP contribution >= 0.6 is 0 Å². The first-order chi connectivity index (χ1) is 13.7. The monoisotopic (exact) mass is 374 g/mol. The molecular weight excluding hydrogens is 352 g/mol. The fourth-order valence-electron chi connectivity index (χ4n) is 3.34. The van der Waals surface area contributed by atoms with Crippen molar-refractivity contribution in [2.45, 2.75) is 0 Å². The van der Waals surface area contributed by atoms with Gasteiger partial charge < -0.3 is 20.2 Å². The molecule has 2 aromatic carbocycles. The van der Waals surface area contributed by atoms with Crippen LogP contribution in [-0.4, -0.2) is 42.2 Å². The fourth-order valence-corrected chi connectivity index (χ4v) is 3.34. The maximum absolute atomic E-state index is 12.3. The number of aromatic nitrogens is 1. The molecule has 1 aliphatic heterocycles. The third-order valence-corrected chi connectivity index (χ3v) is 4.91. The van der Waals surface area contributed by atoms with Gasteiger partial charge in [0, 0.05) is 49.3 Å². The van der Waals surface area contributed by atoms with E-state index < -0.39 is 0 Å². The number of carbonyl (C=O) groups excluding carboxylic acids is 1. The number of piperazine rings is 1. The van der Waals surface area contributed by atoms with Crippen LogP contribution < -0.4 is 15.1 Å². The van der Waals surface area contributed by atoms with Gasteiger partial charge in [-0.1, -0.05) is 0 Å². The van der Waals surface area contributed by atoms with Crippen LogP contribution in [0.3, 0.4) is 0 Å². The van der Waals surface area contributed by atoms with E-state index in [-0.39, 0.29) is 11.7 Å². The van der Waals surface area contributed by atoms with Crippen LogP contribution in [0.5, 0.6) is 5.75 Å². The Morgan fingerprint density at radius 1 is 0.857 bits per heavy atom. The van der Waals surface area contributed by atoms with Crippen molar-refractivity contribution >= 4 is 23.0 Å². The van der Waals surface area contributed by atoms with Crippen molar-refractivity contribution in [2.75, 3.05) is 41.3 Å². The summed E-state index contributed by atoms with van der Waals surface area (Å²) in [6, 6.07) is 18.2. The highest BCUT2D eigenvalue weighted by Gasteiger charge is 2.17. The number of amides is 1. The molecule has 1 amide bonds. The molecule has 6 heteroatoms. The zero-order chi connectivity index (χ0) is 19.3. The first-order valence-electron chi connectivity index (χ1n) is 9.29. The van der Waals surface area contributed by atoms with Gasteiger partial charge in [-0.05, 0) is 60.7 Å². The normalized spacial score (nSPS) is 14.0. The maximum atomic E-state index is 12.3. The molecule has 0 spiro atoms. The minimum absolute atomic E-state index is 0.143. The van der Waals surface area contributed by atoms with Crippen molar-refractivity contribution in [3.05, 3.63) is 78.6 Å². The van der Waals surface area contributed by atoms with E-state index in [1.807, 2.05) is 36.5 Å². The molecule has 0 bridgehead atoms. The van der Waals surface area contributed by atoms with Crippen LogP contribution in [0.25, 0.3) is 0 Å². The van der Waals surface area contributed by atoms with E-state index in [4.69, 9.17) is 0 Å². The quantitative estimate of drug-likeness (QED) is 0.733. The van der Waals surface area contributed by atoms with E-state index in [0.717, 1.165) is 43.2 Å². The molecular formula is C22H22N4O2. The predicted molar refractivity (Wildman–Crippen MR) is 111 cm³/mol. The van der Waals surface area contributed by atoms with E-state index >= 15 is 0 Å². The van der Waals surface area contributed by atoms with Crippen LogP contribution in [-0.2, 0) is 0 Å². The zero-order valence-electron chi connectivity index (χ0n) is 15.5. The molecule has 142 valence electrons. The number of nitrogens with one attached hydrogen (secondary N) is 1. The molecule has 6 nitrogen and oxygen atoms in total. The second-order valence-electron chi connectivity index (χ2n) is 6.73. The number of phenolic OH excluding ortho intramolecular Hbond substituents is 1. The molecule has 0 unspecified atom stereocenters. The summed E-state index contributed by atoms with van der Waals surface area (Å²) in [6.45, 7) is 3.78. The molecule has 1 saturated heterocycles. The van der Waals surface area contributed by atoms with Gasteiger partial charge in [0.25, 0.3) is 5.91 Å². The Labute approximate surface area is 164 Å². The van der Waals surface area contributed by atoms with Gasteiger partial charge in [0.1, 0.15) is 5.75 Å². The molecule has 0 atom stereocenters. The van der Waals surface area contributed by atoms with Crippen LogP contribution in [0.4, 0.5) is 17.1 Å². The summed E-state index contributed by atoms with van der Waals surface area (Å²) in [5.74, 6) is -0.0534. The number of anilines is 3. The zero-order valence-corrected chi connectivity index (χ0v) is 15.5. The molecule has 28 heavy (non-hydrogen) atoms. The van der Waals surface area contributed by atoms with E-state index in [1.54, 1.807) is 18.3 Å². The van der Waals surface area contributed by atoms with Gasteiger partial charge in [-0.25, -0.2) is 0 Å². The van der Waals surface area contributed by atoms with Crippen LogP contribution in [0.2, 0.25) is 0 Å². The number of carbonyl (C=O) groups is 1. The Bertz CT molecular complexity index is 919. The Morgan fingerprint density at radius 2 is 1.50 bits per heavy atom. The standard InChI is InChI=1S/C22H22N4O2/c27-21-9-3-17(4-10-21)22(28)24-18-5-7-19(8-6-18)25-12-14-26(15-13-25)20-2-1-11-23-16-20/h1-11,16,27H,12-15H2,(H,24,28). The molecule has 1 aromatic heterocycles. The third kappa shape index (κ3) is 4.06. The number of aromatic hydroxyl groups is 1. The van der Waals surface area contributed by atoms with Crippen molar-refractivity contribution in [3.63, 3.8) is 0 Å². The molecule has 1 fully saturated rings. The van der Waals surface area contributed by atoms with Gasteiger partial charge in [-0.15, -0.1) is 0 Å². The molecule has 2 N–H and O–H groups in total. The maximum Gasteiger partial charge on any atom is 0.255 e. The summed E-state index contributed by atoms with van der Waals surface area (Å²) < 4.78 is 0.